The lowest BCUT2D eigenvalue weighted by Crippen LogP contribution is -2.39. The third-order valence-corrected chi connectivity index (χ3v) is 6.21. The summed E-state index contributed by atoms with van der Waals surface area (Å²) in [5.74, 6) is -1.01. The molecule has 0 heterocycles. The highest BCUT2D eigenvalue weighted by atomic mass is 32.2. The van der Waals surface area contributed by atoms with Crippen LogP contribution < -0.4 is 14.5 Å². The van der Waals surface area contributed by atoms with Crippen LogP contribution in [0.2, 0.25) is 0 Å². The van der Waals surface area contributed by atoms with Gasteiger partial charge in [-0.15, -0.1) is 0 Å². The number of hydrogen-bond acceptors (Lipinski definition) is 6. The first-order valence-electron chi connectivity index (χ1n) is 9.92. The van der Waals surface area contributed by atoms with Gasteiger partial charge in [-0.25, -0.2) is 18.2 Å². The zero-order chi connectivity index (χ0) is 23.8. The lowest BCUT2D eigenvalue weighted by molar-refractivity contribution is -0.119. The van der Waals surface area contributed by atoms with Crippen molar-refractivity contribution in [2.75, 3.05) is 17.5 Å². The molecule has 0 saturated carbocycles. The van der Waals surface area contributed by atoms with E-state index in [2.05, 4.69) is 10.5 Å². The predicted octanol–water partition coefficient (Wildman–Crippen LogP) is 3.28. The molecule has 0 aliphatic heterocycles. The zero-order valence-corrected chi connectivity index (χ0v) is 18.5. The lowest BCUT2D eigenvalue weighted by atomic mass is 10.2. The molecule has 0 aliphatic carbocycles. The molecule has 0 atom stereocenters. The molecule has 2 N–H and O–H groups in total. The van der Waals surface area contributed by atoms with Gasteiger partial charge in [0.1, 0.15) is 12.4 Å². The highest BCUT2D eigenvalue weighted by Gasteiger charge is 2.27. The summed E-state index contributed by atoms with van der Waals surface area (Å²) in [4.78, 5) is 12.5. The number of aromatic hydroxyl groups is 1. The summed E-state index contributed by atoms with van der Waals surface area (Å²) in [5, 5.41) is 13.6. The van der Waals surface area contributed by atoms with Crippen molar-refractivity contribution < 1.29 is 27.4 Å². The van der Waals surface area contributed by atoms with Gasteiger partial charge in [0, 0.05) is 0 Å². The standard InChI is InChI=1S/C23H22FN3O5S/c1-2-32-22-14-17(8-13-21(22)28)15-25-26-23(29)16-27(19-11-9-18(24)10-12-19)33(30,31)20-6-4-3-5-7-20/h3-15,28H,2,16H2,1H3,(H,26,29)/b25-15-. The van der Waals surface area contributed by atoms with Crippen LogP contribution in [-0.4, -0.2) is 38.8 Å². The maximum atomic E-state index is 13.4. The molecule has 0 saturated heterocycles. The molecule has 0 fully saturated rings. The molecule has 0 bridgehead atoms. The van der Waals surface area contributed by atoms with Crippen LogP contribution in [0.15, 0.2) is 82.8 Å². The number of carbonyl (C=O) groups is 1. The normalized spacial score (nSPS) is 11.3. The summed E-state index contributed by atoms with van der Waals surface area (Å²) in [6, 6.07) is 16.9. The minimum absolute atomic E-state index is 0.0156. The number of nitrogens with zero attached hydrogens (tertiary/aromatic N) is 2. The number of anilines is 1. The topological polar surface area (TPSA) is 108 Å². The Morgan fingerprint density at radius 1 is 1.12 bits per heavy atom. The van der Waals surface area contributed by atoms with Crippen molar-refractivity contribution in [1.82, 2.24) is 5.43 Å². The number of phenols is 1. The van der Waals surface area contributed by atoms with Gasteiger partial charge in [-0.3, -0.25) is 9.10 Å². The van der Waals surface area contributed by atoms with Crippen molar-refractivity contribution in [3.05, 3.63) is 84.2 Å². The highest BCUT2D eigenvalue weighted by Crippen LogP contribution is 2.26. The number of phenolic OH excluding ortho intramolecular Hbond substituents is 1. The van der Waals surface area contributed by atoms with Crippen molar-refractivity contribution in [1.29, 1.82) is 0 Å². The van der Waals surface area contributed by atoms with Gasteiger partial charge in [-0.1, -0.05) is 18.2 Å². The third kappa shape index (κ3) is 6.07. The molecule has 3 aromatic rings. The van der Waals surface area contributed by atoms with E-state index in [1.165, 1.54) is 36.5 Å². The van der Waals surface area contributed by atoms with Gasteiger partial charge in [-0.2, -0.15) is 5.10 Å². The first-order chi connectivity index (χ1) is 15.8. The van der Waals surface area contributed by atoms with Crippen LogP contribution in [0.4, 0.5) is 10.1 Å². The molecular weight excluding hydrogens is 449 g/mol. The summed E-state index contributed by atoms with van der Waals surface area (Å²) < 4.78 is 45.9. The number of rotatable bonds is 9. The van der Waals surface area contributed by atoms with Crippen molar-refractivity contribution >= 4 is 27.8 Å². The van der Waals surface area contributed by atoms with Gasteiger partial charge in [0.15, 0.2) is 11.5 Å². The minimum atomic E-state index is -4.10. The van der Waals surface area contributed by atoms with Crippen molar-refractivity contribution in [2.45, 2.75) is 11.8 Å². The smallest absolute Gasteiger partial charge is 0.264 e. The van der Waals surface area contributed by atoms with Crippen molar-refractivity contribution in [3.63, 3.8) is 0 Å². The average Bonchev–Trinajstić information content (AvgIpc) is 2.81. The molecule has 3 aromatic carbocycles. The Balaban J connectivity index is 1.79. The van der Waals surface area contributed by atoms with Gasteiger partial charge in [0.25, 0.3) is 15.9 Å². The van der Waals surface area contributed by atoms with Crippen LogP contribution in [0.25, 0.3) is 0 Å². The van der Waals surface area contributed by atoms with Crippen molar-refractivity contribution in [2.24, 2.45) is 5.10 Å². The predicted molar refractivity (Wildman–Crippen MR) is 122 cm³/mol. The summed E-state index contributed by atoms with van der Waals surface area (Å²) in [6.45, 7) is 1.55. The minimum Gasteiger partial charge on any atom is -0.504 e. The Hall–Kier alpha value is -3.92. The molecule has 33 heavy (non-hydrogen) atoms. The maximum Gasteiger partial charge on any atom is 0.264 e. The van der Waals surface area contributed by atoms with E-state index in [1.807, 2.05) is 0 Å². The Kier molecular flexibility index (Phi) is 7.62. The molecule has 10 heteroatoms. The molecule has 0 aliphatic rings. The van der Waals surface area contributed by atoms with Crippen LogP contribution in [0.5, 0.6) is 11.5 Å². The van der Waals surface area contributed by atoms with E-state index in [9.17, 15) is 22.7 Å². The molecule has 3 rings (SSSR count). The molecule has 1 amide bonds. The number of halogens is 1. The molecule has 8 nitrogen and oxygen atoms in total. The summed E-state index contributed by atoms with van der Waals surface area (Å²) >= 11 is 0. The highest BCUT2D eigenvalue weighted by molar-refractivity contribution is 7.92. The fraction of sp³-hybridized carbons (Fsp3) is 0.130. The molecule has 172 valence electrons. The number of carbonyl (C=O) groups excluding carboxylic acids is 1. The Morgan fingerprint density at radius 3 is 2.48 bits per heavy atom. The van der Waals surface area contributed by atoms with E-state index in [1.54, 1.807) is 37.3 Å². The van der Waals surface area contributed by atoms with Crippen LogP contribution in [0.1, 0.15) is 12.5 Å². The number of benzene rings is 3. The largest absolute Gasteiger partial charge is 0.504 e. The van der Waals surface area contributed by atoms with Gasteiger partial charge in [0.05, 0.1) is 23.4 Å². The molecule has 0 spiro atoms. The number of hydrazone groups is 1. The first-order valence-corrected chi connectivity index (χ1v) is 11.4. The van der Waals surface area contributed by atoms with Crippen LogP contribution in [-0.2, 0) is 14.8 Å². The van der Waals surface area contributed by atoms with E-state index in [0.717, 1.165) is 16.4 Å². The lowest BCUT2D eigenvalue weighted by Gasteiger charge is -2.23. The Bertz CT molecular complexity index is 1230. The summed E-state index contributed by atoms with van der Waals surface area (Å²) in [5.41, 5.74) is 2.95. The van der Waals surface area contributed by atoms with E-state index in [4.69, 9.17) is 4.74 Å². The molecule has 0 unspecified atom stereocenters. The summed E-state index contributed by atoms with van der Waals surface area (Å²) in [7, 11) is -4.10. The molecular formula is C23H22FN3O5S. The second-order valence-electron chi connectivity index (χ2n) is 6.75. The number of amides is 1. The third-order valence-electron chi connectivity index (χ3n) is 4.42. The Morgan fingerprint density at radius 2 is 1.82 bits per heavy atom. The van der Waals surface area contributed by atoms with Gasteiger partial charge >= 0.3 is 0 Å². The van der Waals surface area contributed by atoms with Crippen LogP contribution in [0, 0.1) is 5.82 Å². The number of ether oxygens (including phenoxy) is 1. The summed E-state index contributed by atoms with van der Waals surface area (Å²) in [6.07, 6.45) is 1.33. The second kappa shape index (κ2) is 10.6. The molecule has 0 aromatic heterocycles. The van der Waals surface area contributed by atoms with Gasteiger partial charge < -0.3 is 9.84 Å². The van der Waals surface area contributed by atoms with Gasteiger partial charge in [0.2, 0.25) is 0 Å². The number of sulfonamides is 1. The second-order valence-corrected chi connectivity index (χ2v) is 8.62. The van der Waals surface area contributed by atoms with E-state index in [-0.39, 0.29) is 22.1 Å². The number of nitrogens with one attached hydrogen (secondary N) is 1. The quantitative estimate of drug-likeness (QED) is 0.368. The fourth-order valence-corrected chi connectivity index (χ4v) is 4.31. The fourth-order valence-electron chi connectivity index (χ4n) is 2.87. The average molecular weight is 472 g/mol. The van der Waals surface area contributed by atoms with Crippen LogP contribution in [0.3, 0.4) is 0 Å². The first kappa shape index (κ1) is 23.7. The van der Waals surface area contributed by atoms with Crippen molar-refractivity contribution in [3.8, 4) is 11.5 Å². The van der Waals surface area contributed by atoms with E-state index in [0.29, 0.717) is 12.2 Å². The van der Waals surface area contributed by atoms with Crippen LogP contribution >= 0.6 is 0 Å². The SMILES string of the molecule is CCOc1cc(/C=N\NC(=O)CN(c2ccc(F)cc2)S(=O)(=O)c2ccccc2)ccc1O. The number of hydrogen-bond donors (Lipinski definition) is 2. The maximum absolute atomic E-state index is 13.4. The van der Waals surface area contributed by atoms with E-state index < -0.39 is 28.3 Å². The van der Waals surface area contributed by atoms with Gasteiger partial charge in [-0.05, 0) is 67.1 Å². The Labute approximate surface area is 191 Å². The van der Waals surface area contributed by atoms with E-state index >= 15 is 0 Å². The monoisotopic (exact) mass is 471 g/mol. The molecule has 0 radical (unpaired) electrons. The zero-order valence-electron chi connectivity index (χ0n) is 17.7.